The van der Waals surface area contributed by atoms with Gasteiger partial charge in [-0.2, -0.15) is 5.26 Å². The quantitative estimate of drug-likeness (QED) is 0.112. The van der Waals surface area contributed by atoms with Crippen molar-refractivity contribution < 1.29 is 17.6 Å². The zero-order valence-corrected chi connectivity index (χ0v) is 22.8. The van der Waals surface area contributed by atoms with Crippen molar-refractivity contribution in [2.45, 2.75) is 0 Å². The number of benzene rings is 5. The molecule has 0 bridgehead atoms. The second-order valence-electron chi connectivity index (χ2n) is 8.87. The molecule has 5 aromatic carbocycles. The van der Waals surface area contributed by atoms with Crippen molar-refractivity contribution in [3.05, 3.63) is 150 Å². The fourth-order valence-electron chi connectivity index (χ4n) is 4.52. The monoisotopic (exact) mass is 572 g/mol. The maximum Gasteiger partial charge on any atom is 0.188 e. The van der Waals surface area contributed by atoms with E-state index in [1.165, 1.54) is 6.07 Å². The zero-order valence-electron chi connectivity index (χ0n) is 21.1. The standard InChI is InChI=1S/C32H22F4N2P2/c33-28-27(21-37)29(34)31(36)32(30(28)35)38-40(25-17-9-3-10-18-25,26-19-11-4-12-20-26)22-39(23-13-5-1-6-14-23)24-15-7-2-8-16-24/h1-20H,22H2. The van der Waals surface area contributed by atoms with Gasteiger partial charge in [-0.3, -0.25) is 4.74 Å². The van der Waals surface area contributed by atoms with Gasteiger partial charge in [-0.1, -0.05) is 121 Å². The third kappa shape index (κ3) is 5.24. The third-order valence-electron chi connectivity index (χ3n) is 6.47. The zero-order chi connectivity index (χ0) is 28.1. The topological polar surface area (TPSA) is 36.1 Å². The van der Waals surface area contributed by atoms with E-state index in [4.69, 9.17) is 10.0 Å². The van der Waals surface area contributed by atoms with Gasteiger partial charge in [0.2, 0.25) is 0 Å². The van der Waals surface area contributed by atoms with E-state index in [1.54, 1.807) is 0 Å². The SMILES string of the molecule is N#Cc1c(F)c(F)c(N=P(CP(c2ccccc2)c2ccccc2)(c2ccccc2)c2ccccc2)c(F)c1F. The van der Waals surface area contributed by atoms with Crippen LogP contribution in [-0.2, 0) is 0 Å². The number of hydrogen-bond acceptors (Lipinski definition) is 2. The Bertz CT molecular complexity index is 1610. The molecule has 0 saturated heterocycles. The fourth-order valence-corrected chi connectivity index (χ4v) is 12.8. The molecule has 0 aromatic heterocycles. The molecule has 0 aliphatic carbocycles. The minimum absolute atomic E-state index is 0.340. The molecule has 0 heterocycles. The van der Waals surface area contributed by atoms with Crippen LogP contribution in [0.1, 0.15) is 5.56 Å². The Balaban J connectivity index is 1.90. The fraction of sp³-hybridized carbons (Fsp3) is 0.0312. The largest absolute Gasteiger partial charge is 0.252 e. The Morgan fingerprint density at radius 3 is 1.32 bits per heavy atom. The van der Waals surface area contributed by atoms with Crippen molar-refractivity contribution in [3.8, 4) is 6.07 Å². The summed E-state index contributed by atoms with van der Waals surface area (Å²) in [4.78, 5) is 0. The van der Waals surface area contributed by atoms with Gasteiger partial charge in [-0.25, -0.2) is 17.6 Å². The van der Waals surface area contributed by atoms with Crippen molar-refractivity contribution in [3.63, 3.8) is 0 Å². The van der Waals surface area contributed by atoms with E-state index in [0.29, 0.717) is 16.5 Å². The van der Waals surface area contributed by atoms with E-state index in [9.17, 15) is 8.78 Å². The van der Waals surface area contributed by atoms with Crippen molar-refractivity contribution in [2.24, 2.45) is 4.74 Å². The molecule has 40 heavy (non-hydrogen) atoms. The Labute approximate surface area is 231 Å². The molecule has 0 fully saturated rings. The van der Waals surface area contributed by atoms with Crippen LogP contribution in [0.15, 0.2) is 126 Å². The van der Waals surface area contributed by atoms with Gasteiger partial charge in [0.25, 0.3) is 0 Å². The lowest BCUT2D eigenvalue weighted by molar-refractivity contribution is 0.454. The first-order chi connectivity index (χ1) is 19.5. The Hall–Kier alpha value is -4.03. The summed E-state index contributed by atoms with van der Waals surface area (Å²) in [6, 6.07) is 39.0. The van der Waals surface area contributed by atoms with Crippen LogP contribution in [0.3, 0.4) is 0 Å². The molecule has 198 valence electrons. The molecule has 0 N–H and O–H groups in total. The average Bonchev–Trinajstić information content (AvgIpc) is 3.02. The van der Waals surface area contributed by atoms with E-state index >= 15 is 8.78 Å². The maximum absolute atomic E-state index is 15.4. The predicted octanol–water partition coefficient (Wildman–Crippen LogP) is 7.69. The van der Waals surface area contributed by atoms with Crippen molar-refractivity contribution in [2.75, 3.05) is 5.90 Å². The van der Waals surface area contributed by atoms with Gasteiger partial charge in [-0.15, -0.1) is 0 Å². The molecule has 2 nitrogen and oxygen atoms in total. The van der Waals surface area contributed by atoms with E-state index in [-0.39, 0.29) is 0 Å². The second-order valence-corrected chi connectivity index (χ2v) is 14.7. The van der Waals surface area contributed by atoms with Crippen LogP contribution in [0.5, 0.6) is 0 Å². The van der Waals surface area contributed by atoms with E-state index < -0.39 is 49.5 Å². The van der Waals surface area contributed by atoms with Crippen LogP contribution in [-0.4, -0.2) is 5.90 Å². The van der Waals surface area contributed by atoms with Crippen LogP contribution >= 0.6 is 15.0 Å². The second kappa shape index (κ2) is 12.0. The summed E-state index contributed by atoms with van der Waals surface area (Å²) in [5.74, 6) is -6.54. The molecule has 0 spiro atoms. The molecule has 0 amide bonds. The van der Waals surface area contributed by atoms with Gasteiger partial charge in [0.05, 0.1) is 0 Å². The lowest BCUT2D eigenvalue weighted by Crippen LogP contribution is -2.23. The van der Waals surface area contributed by atoms with Crippen LogP contribution in [0, 0.1) is 34.6 Å². The van der Waals surface area contributed by atoms with Crippen molar-refractivity contribution in [1.29, 1.82) is 5.26 Å². The maximum atomic E-state index is 15.4. The molecule has 0 atom stereocenters. The van der Waals surface area contributed by atoms with Crippen LogP contribution in [0.25, 0.3) is 0 Å². The lowest BCUT2D eigenvalue weighted by Gasteiger charge is -2.31. The Morgan fingerprint density at radius 1 is 0.575 bits per heavy atom. The van der Waals surface area contributed by atoms with Gasteiger partial charge < -0.3 is 0 Å². The molecule has 5 rings (SSSR count). The average molecular weight is 572 g/mol. The summed E-state index contributed by atoms with van der Waals surface area (Å²) in [5.41, 5.74) is -2.36. The number of rotatable bonds is 7. The minimum Gasteiger partial charge on any atom is -0.252 e. The van der Waals surface area contributed by atoms with E-state index in [0.717, 1.165) is 10.6 Å². The van der Waals surface area contributed by atoms with Gasteiger partial charge >= 0.3 is 0 Å². The normalized spacial score (nSPS) is 11.3. The van der Waals surface area contributed by atoms with E-state index in [1.807, 2.05) is 121 Å². The summed E-state index contributed by atoms with van der Waals surface area (Å²) < 4.78 is 65.2. The molecule has 0 aliphatic heterocycles. The number of hydrogen-bond donors (Lipinski definition) is 0. The van der Waals surface area contributed by atoms with Gasteiger partial charge in [-0.05, 0) is 29.1 Å². The lowest BCUT2D eigenvalue weighted by atomic mass is 10.1. The van der Waals surface area contributed by atoms with Crippen LogP contribution in [0.4, 0.5) is 23.2 Å². The Kier molecular flexibility index (Phi) is 8.27. The van der Waals surface area contributed by atoms with Gasteiger partial charge in [0, 0.05) is 13.0 Å². The summed E-state index contributed by atoms with van der Waals surface area (Å²) in [6.45, 7) is 0. The number of nitrogens with zero attached hydrogens (tertiary/aromatic N) is 2. The highest BCUT2D eigenvalue weighted by Crippen LogP contribution is 2.59. The molecule has 0 aliphatic rings. The highest BCUT2D eigenvalue weighted by Gasteiger charge is 2.33. The first kappa shape index (κ1) is 27.5. The first-order valence-corrected chi connectivity index (χ1v) is 15.8. The highest BCUT2D eigenvalue weighted by atomic mass is 31.2. The summed E-state index contributed by atoms with van der Waals surface area (Å²) in [7, 11) is -4.32. The number of halogens is 4. The molecular weight excluding hydrogens is 550 g/mol. The highest BCUT2D eigenvalue weighted by molar-refractivity contribution is 7.92. The molecule has 0 radical (unpaired) electrons. The van der Waals surface area contributed by atoms with Gasteiger partial charge in [0.15, 0.2) is 23.3 Å². The molecule has 0 saturated carbocycles. The first-order valence-electron chi connectivity index (χ1n) is 12.3. The van der Waals surface area contributed by atoms with Crippen LogP contribution in [0.2, 0.25) is 0 Å². The summed E-state index contributed by atoms with van der Waals surface area (Å²) in [5, 5.41) is 12.6. The summed E-state index contributed by atoms with van der Waals surface area (Å²) in [6.07, 6.45) is 0. The molecular formula is C32H22F4N2P2. The van der Waals surface area contributed by atoms with Crippen molar-refractivity contribution >= 4 is 41.9 Å². The number of nitriles is 1. The smallest absolute Gasteiger partial charge is 0.188 e. The molecule has 8 heteroatoms. The van der Waals surface area contributed by atoms with E-state index in [2.05, 4.69) is 0 Å². The molecule has 0 unspecified atom stereocenters. The van der Waals surface area contributed by atoms with Gasteiger partial charge in [0.1, 0.15) is 17.3 Å². The summed E-state index contributed by atoms with van der Waals surface area (Å²) >= 11 is 0. The predicted molar refractivity (Wildman–Crippen MR) is 156 cm³/mol. The van der Waals surface area contributed by atoms with Crippen LogP contribution < -0.4 is 21.2 Å². The van der Waals surface area contributed by atoms with Crippen molar-refractivity contribution in [1.82, 2.24) is 0 Å². The third-order valence-corrected chi connectivity index (χ3v) is 13.9. The molecule has 5 aromatic rings. The Morgan fingerprint density at radius 2 is 0.950 bits per heavy atom. The minimum atomic E-state index is -3.17.